The van der Waals surface area contributed by atoms with E-state index < -0.39 is 0 Å². The summed E-state index contributed by atoms with van der Waals surface area (Å²) in [6.45, 7) is 3.75. The van der Waals surface area contributed by atoms with Crippen molar-refractivity contribution >= 4 is 11.8 Å². The predicted octanol–water partition coefficient (Wildman–Crippen LogP) is 4.25. The number of benzene rings is 2. The predicted molar refractivity (Wildman–Crippen MR) is 120 cm³/mol. The summed E-state index contributed by atoms with van der Waals surface area (Å²) in [6.07, 6.45) is 4.55. The number of hydrogen-bond acceptors (Lipinski definition) is 3. The minimum absolute atomic E-state index is 0.00257. The van der Waals surface area contributed by atoms with Crippen LogP contribution in [0.5, 0.6) is 0 Å². The number of carbonyl (C=O) groups excluding carboxylic acids is 2. The molecule has 5 nitrogen and oxygen atoms in total. The molecule has 2 aromatic carbocycles. The second-order valence-corrected chi connectivity index (χ2v) is 8.38. The van der Waals surface area contributed by atoms with E-state index in [1.165, 1.54) is 12.5 Å². The Kier molecular flexibility index (Phi) is 6.21. The fourth-order valence-corrected chi connectivity index (χ4v) is 4.34. The summed E-state index contributed by atoms with van der Waals surface area (Å²) in [5, 5.41) is 3.19. The summed E-state index contributed by atoms with van der Waals surface area (Å²) >= 11 is 0. The molecule has 0 spiro atoms. The summed E-state index contributed by atoms with van der Waals surface area (Å²) < 4.78 is 5.03. The summed E-state index contributed by atoms with van der Waals surface area (Å²) in [6, 6.07) is 22.2. The van der Waals surface area contributed by atoms with Crippen LogP contribution < -0.4 is 5.32 Å². The number of hydrogen-bond donors (Lipinski definition) is 1. The van der Waals surface area contributed by atoms with Gasteiger partial charge < -0.3 is 14.6 Å². The summed E-state index contributed by atoms with van der Waals surface area (Å²) in [4.78, 5) is 27.5. The Balaban J connectivity index is 1.46. The standard InChI is InChI=1S/C26H28N2O3/c1-26(22-10-4-2-5-11-22,23-12-6-3-7-13-23)19-27-24(29)20-9-8-15-28(17-20)25(30)21-14-16-31-18-21/h2-7,10-14,16,18,20H,8-9,15,17,19H2,1H3,(H,27,29)/t20-/m1/s1. The minimum atomic E-state index is -0.348. The molecule has 0 unspecified atom stereocenters. The van der Waals surface area contributed by atoms with E-state index in [0.717, 1.165) is 24.0 Å². The summed E-state index contributed by atoms with van der Waals surface area (Å²) in [5.74, 6) is -0.284. The Hall–Kier alpha value is -3.34. The van der Waals surface area contributed by atoms with Gasteiger partial charge >= 0.3 is 0 Å². The molecule has 1 fully saturated rings. The van der Waals surface area contributed by atoms with E-state index in [4.69, 9.17) is 4.42 Å². The number of carbonyl (C=O) groups is 2. The highest BCUT2D eigenvalue weighted by Gasteiger charge is 2.33. The molecule has 160 valence electrons. The van der Waals surface area contributed by atoms with Crippen LogP contribution >= 0.6 is 0 Å². The molecule has 1 aliphatic heterocycles. The van der Waals surface area contributed by atoms with Crippen LogP contribution in [0.15, 0.2) is 83.7 Å². The molecule has 0 radical (unpaired) electrons. The van der Waals surface area contributed by atoms with Crippen molar-refractivity contribution in [2.24, 2.45) is 5.92 Å². The maximum absolute atomic E-state index is 13.1. The lowest BCUT2D eigenvalue weighted by Gasteiger charge is -2.34. The molecule has 5 heteroatoms. The van der Waals surface area contributed by atoms with Crippen LogP contribution in [0.3, 0.4) is 0 Å². The van der Waals surface area contributed by atoms with Gasteiger partial charge in [-0.3, -0.25) is 9.59 Å². The van der Waals surface area contributed by atoms with Crippen molar-refractivity contribution in [3.05, 3.63) is 95.9 Å². The fraction of sp³-hybridized carbons (Fsp3) is 0.308. The molecule has 4 rings (SSSR count). The van der Waals surface area contributed by atoms with Gasteiger partial charge in [-0.1, -0.05) is 60.7 Å². The van der Waals surface area contributed by atoms with E-state index in [1.807, 2.05) is 36.4 Å². The van der Waals surface area contributed by atoms with Gasteiger partial charge in [0.25, 0.3) is 5.91 Å². The molecule has 1 aromatic heterocycles. The quantitative estimate of drug-likeness (QED) is 0.653. The number of piperidine rings is 1. The Morgan fingerprint density at radius 1 is 1.03 bits per heavy atom. The number of furan rings is 1. The molecule has 1 atom stereocenters. The van der Waals surface area contributed by atoms with Crippen LogP contribution in [-0.2, 0) is 10.2 Å². The topological polar surface area (TPSA) is 62.6 Å². The van der Waals surface area contributed by atoms with E-state index in [-0.39, 0.29) is 23.1 Å². The highest BCUT2D eigenvalue weighted by Crippen LogP contribution is 2.31. The van der Waals surface area contributed by atoms with Gasteiger partial charge in [0.15, 0.2) is 0 Å². The highest BCUT2D eigenvalue weighted by atomic mass is 16.3. The number of rotatable bonds is 6. The van der Waals surface area contributed by atoms with Crippen LogP contribution in [0.4, 0.5) is 0 Å². The lowest BCUT2D eigenvalue weighted by Crippen LogP contribution is -2.48. The average Bonchev–Trinajstić information content (AvgIpc) is 3.38. The third kappa shape index (κ3) is 4.55. The van der Waals surface area contributed by atoms with Crippen molar-refractivity contribution in [3.8, 4) is 0 Å². The zero-order chi connectivity index (χ0) is 21.7. The van der Waals surface area contributed by atoms with E-state index in [1.54, 1.807) is 11.0 Å². The number of nitrogens with zero attached hydrogens (tertiary/aromatic N) is 1. The number of nitrogens with one attached hydrogen (secondary N) is 1. The summed E-state index contributed by atoms with van der Waals surface area (Å²) in [7, 11) is 0. The van der Waals surface area contributed by atoms with Crippen molar-refractivity contribution < 1.29 is 14.0 Å². The van der Waals surface area contributed by atoms with Crippen LogP contribution in [0.2, 0.25) is 0 Å². The smallest absolute Gasteiger partial charge is 0.257 e. The van der Waals surface area contributed by atoms with E-state index >= 15 is 0 Å². The molecule has 31 heavy (non-hydrogen) atoms. The van der Waals surface area contributed by atoms with Crippen molar-refractivity contribution in [1.82, 2.24) is 10.2 Å². The molecule has 1 aliphatic rings. The van der Waals surface area contributed by atoms with Gasteiger partial charge in [0.2, 0.25) is 5.91 Å². The van der Waals surface area contributed by atoms with Gasteiger partial charge in [-0.15, -0.1) is 0 Å². The first-order valence-corrected chi connectivity index (χ1v) is 10.8. The average molecular weight is 417 g/mol. The van der Waals surface area contributed by atoms with Crippen LogP contribution in [0, 0.1) is 5.92 Å². The maximum atomic E-state index is 13.1. The van der Waals surface area contributed by atoms with Crippen molar-refractivity contribution in [3.63, 3.8) is 0 Å². The molecular weight excluding hydrogens is 388 g/mol. The van der Waals surface area contributed by atoms with Gasteiger partial charge in [-0.25, -0.2) is 0 Å². The molecule has 1 saturated heterocycles. The first-order chi connectivity index (χ1) is 15.1. The lowest BCUT2D eigenvalue weighted by atomic mass is 9.76. The van der Waals surface area contributed by atoms with Gasteiger partial charge in [0.05, 0.1) is 17.7 Å². The molecule has 0 aliphatic carbocycles. The normalized spacial score (nSPS) is 16.7. The summed E-state index contributed by atoms with van der Waals surface area (Å²) in [5.41, 5.74) is 2.49. The van der Waals surface area contributed by atoms with Gasteiger partial charge in [-0.05, 0) is 37.0 Å². The third-order valence-corrected chi connectivity index (χ3v) is 6.29. The van der Waals surface area contributed by atoms with E-state index in [9.17, 15) is 9.59 Å². The first kappa shape index (κ1) is 20.9. The Morgan fingerprint density at radius 2 is 1.68 bits per heavy atom. The Bertz CT molecular complexity index is 960. The SMILES string of the molecule is CC(CNC(=O)[C@@H]1CCCN(C(=O)c2ccoc2)C1)(c1ccccc1)c1ccccc1. The van der Waals surface area contributed by atoms with E-state index in [2.05, 4.69) is 36.5 Å². The number of amides is 2. The minimum Gasteiger partial charge on any atom is -0.472 e. The van der Waals surface area contributed by atoms with Gasteiger partial charge in [0, 0.05) is 25.0 Å². The second kappa shape index (κ2) is 9.21. The largest absolute Gasteiger partial charge is 0.472 e. The van der Waals surface area contributed by atoms with Gasteiger partial charge in [-0.2, -0.15) is 0 Å². The Morgan fingerprint density at radius 3 is 2.26 bits per heavy atom. The monoisotopic (exact) mass is 416 g/mol. The highest BCUT2D eigenvalue weighted by molar-refractivity contribution is 5.94. The molecule has 0 saturated carbocycles. The van der Waals surface area contributed by atoms with Crippen LogP contribution in [0.25, 0.3) is 0 Å². The Labute approximate surface area is 183 Å². The number of likely N-dealkylation sites (tertiary alicyclic amines) is 1. The fourth-order valence-electron chi connectivity index (χ4n) is 4.34. The zero-order valence-electron chi connectivity index (χ0n) is 17.8. The first-order valence-electron chi connectivity index (χ1n) is 10.8. The molecular formula is C26H28N2O3. The van der Waals surface area contributed by atoms with E-state index in [0.29, 0.717) is 25.2 Å². The second-order valence-electron chi connectivity index (χ2n) is 8.38. The zero-order valence-corrected chi connectivity index (χ0v) is 17.8. The molecule has 1 N–H and O–H groups in total. The van der Waals surface area contributed by atoms with Crippen LogP contribution in [-0.4, -0.2) is 36.3 Å². The molecule has 3 aromatic rings. The maximum Gasteiger partial charge on any atom is 0.257 e. The third-order valence-electron chi connectivity index (χ3n) is 6.29. The molecule has 2 heterocycles. The lowest BCUT2D eigenvalue weighted by molar-refractivity contribution is -0.126. The van der Waals surface area contributed by atoms with Crippen LogP contribution in [0.1, 0.15) is 41.3 Å². The van der Waals surface area contributed by atoms with Crippen molar-refractivity contribution in [2.45, 2.75) is 25.2 Å². The van der Waals surface area contributed by atoms with Crippen molar-refractivity contribution in [1.29, 1.82) is 0 Å². The van der Waals surface area contributed by atoms with Crippen molar-refractivity contribution in [2.75, 3.05) is 19.6 Å². The van der Waals surface area contributed by atoms with Gasteiger partial charge in [0.1, 0.15) is 6.26 Å². The molecule has 0 bridgehead atoms. The molecule has 2 amide bonds.